The van der Waals surface area contributed by atoms with Crippen LogP contribution in [0.4, 0.5) is 5.82 Å². The molecule has 25 heavy (non-hydrogen) atoms. The minimum atomic E-state index is -0.885. The Bertz CT molecular complexity index is 893. The summed E-state index contributed by atoms with van der Waals surface area (Å²) < 4.78 is 0. The second-order valence-electron chi connectivity index (χ2n) is 6.22. The summed E-state index contributed by atoms with van der Waals surface area (Å²) in [6, 6.07) is 6.83. The molecule has 2 heterocycles. The van der Waals surface area contributed by atoms with Crippen molar-refractivity contribution >= 4 is 44.9 Å². The molecule has 0 aliphatic rings. The molecule has 1 atom stereocenters. The van der Waals surface area contributed by atoms with Crippen LogP contribution in [0.25, 0.3) is 21.3 Å². The van der Waals surface area contributed by atoms with E-state index >= 15 is 0 Å². The van der Waals surface area contributed by atoms with E-state index in [2.05, 4.69) is 15.3 Å². The molecule has 2 N–H and O–H groups in total. The number of carbonyl (C=O) groups is 1. The molecular formula is C18H18ClN3O2S. The van der Waals surface area contributed by atoms with Crippen LogP contribution < -0.4 is 5.32 Å². The van der Waals surface area contributed by atoms with Gasteiger partial charge in [0.25, 0.3) is 0 Å². The van der Waals surface area contributed by atoms with Crippen LogP contribution in [0.2, 0.25) is 5.02 Å². The number of hydrogen-bond acceptors (Lipinski definition) is 5. The van der Waals surface area contributed by atoms with E-state index in [-0.39, 0.29) is 5.92 Å². The van der Waals surface area contributed by atoms with E-state index in [4.69, 9.17) is 11.6 Å². The molecule has 1 aromatic carbocycles. The van der Waals surface area contributed by atoms with Crippen molar-refractivity contribution < 1.29 is 9.90 Å². The average molecular weight is 376 g/mol. The van der Waals surface area contributed by atoms with Gasteiger partial charge in [-0.15, -0.1) is 11.3 Å². The van der Waals surface area contributed by atoms with Crippen LogP contribution in [0.3, 0.4) is 0 Å². The highest BCUT2D eigenvalue weighted by Crippen LogP contribution is 2.37. The summed E-state index contributed by atoms with van der Waals surface area (Å²) in [5.74, 6) is -0.0860. The first-order chi connectivity index (χ1) is 12.0. The zero-order valence-corrected chi connectivity index (χ0v) is 15.4. The number of aliphatic carboxylic acids is 1. The molecule has 0 saturated carbocycles. The molecule has 7 heteroatoms. The van der Waals surface area contributed by atoms with Gasteiger partial charge in [0.05, 0.1) is 5.39 Å². The van der Waals surface area contributed by atoms with Crippen molar-refractivity contribution in [3.8, 4) is 11.1 Å². The molecule has 0 spiro atoms. The van der Waals surface area contributed by atoms with Crippen molar-refractivity contribution in [2.75, 3.05) is 5.32 Å². The van der Waals surface area contributed by atoms with E-state index in [1.54, 1.807) is 0 Å². The number of carboxylic acid groups (broad SMARTS) is 1. The Morgan fingerprint density at radius 2 is 2.00 bits per heavy atom. The van der Waals surface area contributed by atoms with E-state index in [9.17, 15) is 9.90 Å². The monoisotopic (exact) mass is 375 g/mol. The minimum Gasteiger partial charge on any atom is -0.480 e. The Labute approximate surface area is 154 Å². The third kappa shape index (κ3) is 3.91. The number of thiophene rings is 1. The number of halogens is 1. The highest BCUT2D eigenvalue weighted by Gasteiger charge is 2.22. The molecule has 3 aromatic rings. The SMILES string of the molecule is CC(C)CC(Nc1ncnc2scc(-c3ccc(Cl)cc3)c12)C(=O)O. The number of rotatable bonds is 6. The highest BCUT2D eigenvalue weighted by molar-refractivity contribution is 7.17. The van der Waals surface area contributed by atoms with Gasteiger partial charge in [0.2, 0.25) is 0 Å². The predicted octanol–water partition coefficient (Wildman–Crippen LogP) is 4.92. The van der Waals surface area contributed by atoms with E-state index in [0.717, 1.165) is 21.3 Å². The fourth-order valence-electron chi connectivity index (χ4n) is 2.68. The Hall–Kier alpha value is -2.18. The second kappa shape index (κ2) is 7.37. The molecule has 2 aromatic heterocycles. The van der Waals surface area contributed by atoms with Crippen LogP contribution in [-0.2, 0) is 4.79 Å². The maximum atomic E-state index is 11.6. The lowest BCUT2D eigenvalue weighted by Crippen LogP contribution is -2.31. The molecule has 5 nitrogen and oxygen atoms in total. The first-order valence-corrected chi connectivity index (χ1v) is 9.19. The summed E-state index contributed by atoms with van der Waals surface area (Å²) in [5.41, 5.74) is 1.96. The van der Waals surface area contributed by atoms with Gasteiger partial charge in [-0.25, -0.2) is 14.8 Å². The van der Waals surface area contributed by atoms with Crippen molar-refractivity contribution in [1.29, 1.82) is 0 Å². The molecule has 0 fully saturated rings. The van der Waals surface area contributed by atoms with Gasteiger partial charge in [-0.1, -0.05) is 37.6 Å². The summed E-state index contributed by atoms with van der Waals surface area (Å²) in [6.07, 6.45) is 1.97. The zero-order chi connectivity index (χ0) is 18.0. The molecule has 3 rings (SSSR count). The van der Waals surface area contributed by atoms with Gasteiger partial charge in [-0.2, -0.15) is 0 Å². The van der Waals surface area contributed by atoms with Crippen LogP contribution >= 0.6 is 22.9 Å². The van der Waals surface area contributed by atoms with Crippen LogP contribution in [0, 0.1) is 5.92 Å². The number of carboxylic acids is 1. The van der Waals surface area contributed by atoms with Gasteiger partial charge < -0.3 is 10.4 Å². The Kier molecular flexibility index (Phi) is 5.20. The quantitative estimate of drug-likeness (QED) is 0.639. The number of aromatic nitrogens is 2. The van der Waals surface area contributed by atoms with Gasteiger partial charge in [0.1, 0.15) is 23.0 Å². The molecule has 1 unspecified atom stereocenters. The van der Waals surface area contributed by atoms with Gasteiger partial charge in [0, 0.05) is 16.0 Å². The molecule has 0 radical (unpaired) electrons. The van der Waals surface area contributed by atoms with Gasteiger partial charge in [0.15, 0.2) is 0 Å². The normalized spacial score (nSPS) is 12.5. The third-order valence-corrected chi connectivity index (χ3v) is 4.98. The van der Waals surface area contributed by atoms with Crippen LogP contribution in [0.15, 0.2) is 36.0 Å². The van der Waals surface area contributed by atoms with Crippen LogP contribution in [0.1, 0.15) is 20.3 Å². The van der Waals surface area contributed by atoms with E-state index < -0.39 is 12.0 Å². The van der Waals surface area contributed by atoms with Gasteiger partial charge in [-0.3, -0.25) is 0 Å². The van der Waals surface area contributed by atoms with Crippen molar-refractivity contribution in [3.05, 3.63) is 41.0 Å². The summed E-state index contributed by atoms with van der Waals surface area (Å²) in [6.45, 7) is 3.99. The second-order valence-corrected chi connectivity index (χ2v) is 7.52. The Balaban J connectivity index is 2.05. The Morgan fingerprint density at radius 3 is 2.64 bits per heavy atom. The van der Waals surface area contributed by atoms with Gasteiger partial charge in [-0.05, 0) is 30.0 Å². The fraction of sp³-hybridized carbons (Fsp3) is 0.278. The maximum Gasteiger partial charge on any atom is 0.326 e. The molecule has 0 amide bonds. The highest BCUT2D eigenvalue weighted by atomic mass is 35.5. The number of nitrogens with zero attached hydrogens (tertiary/aromatic N) is 2. The molecule has 0 bridgehead atoms. The number of nitrogens with one attached hydrogen (secondary N) is 1. The topological polar surface area (TPSA) is 75.1 Å². The summed E-state index contributed by atoms with van der Waals surface area (Å²) in [4.78, 5) is 21.0. The Morgan fingerprint density at radius 1 is 1.28 bits per heavy atom. The zero-order valence-electron chi connectivity index (χ0n) is 13.9. The van der Waals surface area contributed by atoms with Crippen molar-refractivity contribution in [2.45, 2.75) is 26.3 Å². The third-order valence-electron chi connectivity index (χ3n) is 3.84. The van der Waals surface area contributed by atoms with E-state index in [1.807, 2.05) is 43.5 Å². The molecular weight excluding hydrogens is 358 g/mol. The molecule has 0 saturated heterocycles. The fourth-order valence-corrected chi connectivity index (χ4v) is 3.73. The predicted molar refractivity (Wildman–Crippen MR) is 102 cm³/mol. The van der Waals surface area contributed by atoms with Crippen molar-refractivity contribution in [3.63, 3.8) is 0 Å². The maximum absolute atomic E-state index is 11.6. The lowest BCUT2D eigenvalue weighted by molar-refractivity contribution is -0.138. The first kappa shape index (κ1) is 17.6. The molecule has 130 valence electrons. The first-order valence-electron chi connectivity index (χ1n) is 7.93. The minimum absolute atomic E-state index is 0.254. The van der Waals surface area contributed by atoms with Crippen molar-refractivity contribution in [2.24, 2.45) is 5.92 Å². The van der Waals surface area contributed by atoms with Crippen LogP contribution in [-0.4, -0.2) is 27.1 Å². The summed E-state index contributed by atoms with van der Waals surface area (Å²) >= 11 is 7.48. The average Bonchev–Trinajstić information content (AvgIpc) is 2.99. The number of fused-ring (bicyclic) bond motifs is 1. The standard InChI is InChI=1S/C18H18ClN3O2S/c1-10(2)7-14(18(23)24)22-16-15-13(8-25-17(15)21-9-20-16)11-3-5-12(19)6-4-11/h3-6,8-10,14H,7H2,1-2H3,(H,23,24)(H,20,21,22). The lowest BCUT2D eigenvalue weighted by Gasteiger charge is -2.17. The number of benzene rings is 1. The van der Waals surface area contributed by atoms with E-state index in [1.165, 1.54) is 17.7 Å². The largest absolute Gasteiger partial charge is 0.480 e. The number of anilines is 1. The summed E-state index contributed by atoms with van der Waals surface area (Å²) in [5, 5.41) is 16.1. The number of hydrogen-bond donors (Lipinski definition) is 2. The molecule has 0 aliphatic carbocycles. The van der Waals surface area contributed by atoms with Crippen LogP contribution in [0.5, 0.6) is 0 Å². The molecule has 0 aliphatic heterocycles. The van der Waals surface area contributed by atoms with Gasteiger partial charge >= 0.3 is 5.97 Å². The van der Waals surface area contributed by atoms with Crippen molar-refractivity contribution in [1.82, 2.24) is 9.97 Å². The summed E-state index contributed by atoms with van der Waals surface area (Å²) in [7, 11) is 0. The smallest absolute Gasteiger partial charge is 0.326 e. The van der Waals surface area contributed by atoms with E-state index in [0.29, 0.717) is 17.3 Å². The lowest BCUT2D eigenvalue weighted by atomic mass is 10.0.